The molecule has 0 saturated carbocycles. The van der Waals surface area contributed by atoms with E-state index in [0.717, 1.165) is 17.0 Å². The topological polar surface area (TPSA) is 70.7 Å². The van der Waals surface area contributed by atoms with E-state index in [1.54, 1.807) is 7.11 Å². The van der Waals surface area contributed by atoms with Crippen molar-refractivity contribution in [1.82, 2.24) is 5.32 Å². The van der Waals surface area contributed by atoms with E-state index in [2.05, 4.69) is 10.6 Å². The summed E-state index contributed by atoms with van der Waals surface area (Å²) in [4.78, 5) is 25.8. The van der Waals surface area contributed by atoms with E-state index in [-0.39, 0.29) is 18.4 Å². The Bertz CT molecular complexity index is 742. The Morgan fingerprint density at radius 3 is 2.42 bits per heavy atom. The minimum Gasteiger partial charge on any atom is -0.497 e. The van der Waals surface area contributed by atoms with E-state index in [4.69, 9.17) is 4.74 Å². The Kier molecular flexibility index (Phi) is 7.02. The molecule has 0 radical (unpaired) electrons. The normalized spacial score (nSPS) is 10.1. The molecule has 2 amide bonds. The van der Waals surface area contributed by atoms with E-state index < -0.39 is 0 Å². The van der Waals surface area contributed by atoms with Crippen LogP contribution in [0.15, 0.2) is 48.5 Å². The third-order valence-electron chi connectivity index (χ3n) is 3.89. The van der Waals surface area contributed by atoms with Crippen LogP contribution in [-0.4, -0.2) is 39.6 Å². The number of nitrogens with zero attached hydrogens (tertiary/aromatic N) is 1. The Hall–Kier alpha value is -3.02. The number of hydrogen-bond donors (Lipinski definition) is 2. The van der Waals surface area contributed by atoms with Gasteiger partial charge in [-0.1, -0.05) is 12.1 Å². The van der Waals surface area contributed by atoms with Gasteiger partial charge in [-0.3, -0.25) is 9.59 Å². The second kappa shape index (κ2) is 9.46. The molecule has 2 rings (SSSR count). The third-order valence-corrected chi connectivity index (χ3v) is 3.89. The van der Waals surface area contributed by atoms with Gasteiger partial charge in [-0.2, -0.15) is 0 Å². The van der Waals surface area contributed by atoms with Crippen LogP contribution in [0.4, 0.5) is 11.4 Å². The Labute approximate surface area is 154 Å². The first-order valence-electron chi connectivity index (χ1n) is 8.45. The molecular weight excluding hydrogens is 330 g/mol. The standard InChI is InChI=1S/C20H25N3O3/c1-23(2)17-10-8-16(9-11-17)22-20(25)14-21-19(24)12-7-15-5-4-6-18(13-15)26-3/h4-6,8-11,13H,7,12,14H2,1-3H3,(H,21,24)(H,22,25). The molecule has 138 valence electrons. The van der Waals surface area contributed by atoms with Crippen LogP contribution in [-0.2, 0) is 16.0 Å². The zero-order valence-corrected chi connectivity index (χ0v) is 15.4. The molecular formula is C20H25N3O3. The minimum absolute atomic E-state index is 0.0492. The lowest BCUT2D eigenvalue weighted by Gasteiger charge is -2.13. The predicted molar refractivity (Wildman–Crippen MR) is 104 cm³/mol. The van der Waals surface area contributed by atoms with Crippen molar-refractivity contribution in [2.75, 3.05) is 38.0 Å². The van der Waals surface area contributed by atoms with Gasteiger partial charge in [0.15, 0.2) is 0 Å². The van der Waals surface area contributed by atoms with E-state index >= 15 is 0 Å². The highest BCUT2D eigenvalue weighted by atomic mass is 16.5. The molecule has 6 nitrogen and oxygen atoms in total. The molecule has 26 heavy (non-hydrogen) atoms. The number of rotatable bonds is 8. The maximum Gasteiger partial charge on any atom is 0.243 e. The number of methoxy groups -OCH3 is 1. The molecule has 2 N–H and O–H groups in total. The molecule has 0 atom stereocenters. The number of ether oxygens (including phenoxy) is 1. The van der Waals surface area contributed by atoms with Gasteiger partial charge in [0.05, 0.1) is 13.7 Å². The maximum absolute atomic E-state index is 11.9. The van der Waals surface area contributed by atoms with E-state index in [1.807, 2.05) is 67.5 Å². The number of amides is 2. The first-order chi connectivity index (χ1) is 12.5. The van der Waals surface area contributed by atoms with Crippen molar-refractivity contribution in [3.8, 4) is 5.75 Å². The van der Waals surface area contributed by atoms with Gasteiger partial charge in [0, 0.05) is 31.9 Å². The number of benzene rings is 2. The van der Waals surface area contributed by atoms with E-state index in [1.165, 1.54) is 0 Å². The van der Waals surface area contributed by atoms with E-state index in [9.17, 15) is 9.59 Å². The summed E-state index contributed by atoms with van der Waals surface area (Å²) in [5, 5.41) is 5.40. The molecule has 2 aromatic carbocycles. The molecule has 2 aromatic rings. The largest absolute Gasteiger partial charge is 0.497 e. The highest BCUT2D eigenvalue weighted by Crippen LogP contribution is 2.15. The maximum atomic E-state index is 11.9. The number of nitrogens with one attached hydrogen (secondary N) is 2. The van der Waals surface area contributed by atoms with Gasteiger partial charge in [0.2, 0.25) is 11.8 Å². The van der Waals surface area contributed by atoms with Crippen LogP contribution in [0.1, 0.15) is 12.0 Å². The Morgan fingerprint density at radius 1 is 1.04 bits per heavy atom. The van der Waals surface area contributed by atoms with Crippen molar-refractivity contribution >= 4 is 23.2 Å². The fourth-order valence-electron chi connectivity index (χ4n) is 2.40. The quantitative estimate of drug-likeness (QED) is 0.763. The SMILES string of the molecule is COc1cccc(CCC(=O)NCC(=O)Nc2ccc(N(C)C)cc2)c1. The first kappa shape index (κ1) is 19.3. The summed E-state index contributed by atoms with van der Waals surface area (Å²) in [6.07, 6.45) is 0.911. The van der Waals surface area contributed by atoms with Gasteiger partial charge in [-0.05, 0) is 48.4 Å². The van der Waals surface area contributed by atoms with Crippen LogP contribution < -0.4 is 20.3 Å². The number of carbonyl (C=O) groups excluding carboxylic acids is 2. The van der Waals surface area contributed by atoms with Crippen molar-refractivity contribution in [3.63, 3.8) is 0 Å². The van der Waals surface area contributed by atoms with Crippen LogP contribution in [0.3, 0.4) is 0 Å². The molecule has 0 bridgehead atoms. The van der Waals surface area contributed by atoms with Crippen molar-refractivity contribution < 1.29 is 14.3 Å². The summed E-state index contributed by atoms with van der Waals surface area (Å²) in [6, 6.07) is 15.1. The van der Waals surface area contributed by atoms with Crippen molar-refractivity contribution in [2.24, 2.45) is 0 Å². The molecule has 0 aliphatic carbocycles. The molecule has 0 saturated heterocycles. The fourth-order valence-corrected chi connectivity index (χ4v) is 2.40. The molecule has 6 heteroatoms. The van der Waals surface area contributed by atoms with Gasteiger partial charge in [0.25, 0.3) is 0 Å². The Morgan fingerprint density at radius 2 is 1.77 bits per heavy atom. The number of aryl methyl sites for hydroxylation is 1. The van der Waals surface area contributed by atoms with Gasteiger partial charge >= 0.3 is 0 Å². The minimum atomic E-state index is -0.252. The first-order valence-corrected chi connectivity index (χ1v) is 8.45. The molecule has 0 heterocycles. The van der Waals surface area contributed by atoms with Gasteiger partial charge < -0.3 is 20.3 Å². The van der Waals surface area contributed by atoms with Gasteiger partial charge in [0.1, 0.15) is 5.75 Å². The predicted octanol–water partition coefficient (Wildman–Crippen LogP) is 2.45. The Balaban J connectivity index is 1.73. The van der Waals surface area contributed by atoms with Crippen LogP contribution in [0, 0.1) is 0 Å². The average molecular weight is 355 g/mol. The summed E-state index contributed by atoms with van der Waals surface area (Å²) in [6.45, 7) is -0.0492. The molecule has 0 aliphatic rings. The van der Waals surface area contributed by atoms with Crippen molar-refractivity contribution in [3.05, 3.63) is 54.1 Å². The number of anilines is 2. The molecule has 0 spiro atoms. The highest BCUT2D eigenvalue weighted by molar-refractivity contribution is 5.94. The molecule has 0 unspecified atom stereocenters. The summed E-state index contributed by atoms with van der Waals surface area (Å²) < 4.78 is 5.16. The van der Waals surface area contributed by atoms with E-state index in [0.29, 0.717) is 18.5 Å². The number of hydrogen-bond acceptors (Lipinski definition) is 4. The fraction of sp³-hybridized carbons (Fsp3) is 0.300. The third kappa shape index (κ3) is 6.12. The van der Waals surface area contributed by atoms with Crippen LogP contribution >= 0.6 is 0 Å². The lowest BCUT2D eigenvalue weighted by Crippen LogP contribution is -2.32. The zero-order valence-electron chi connectivity index (χ0n) is 15.4. The summed E-state index contributed by atoms with van der Waals surface area (Å²) in [5.74, 6) is 0.353. The second-order valence-corrected chi connectivity index (χ2v) is 6.12. The molecule has 0 aliphatic heterocycles. The lowest BCUT2D eigenvalue weighted by atomic mass is 10.1. The summed E-state index contributed by atoms with van der Waals surface area (Å²) >= 11 is 0. The van der Waals surface area contributed by atoms with Gasteiger partial charge in [-0.25, -0.2) is 0 Å². The average Bonchev–Trinajstić information content (AvgIpc) is 2.65. The summed E-state index contributed by atoms with van der Waals surface area (Å²) in [7, 11) is 5.52. The number of carbonyl (C=O) groups is 2. The summed E-state index contributed by atoms with van der Waals surface area (Å²) in [5.41, 5.74) is 2.77. The van der Waals surface area contributed by atoms with Crippen molar-refractivity contribution in [2.45, 2.75) is 12.8 Å². The van der Waals surface area contributed by atoms with Crippen LogP contribution in [0.25, 0.3) is 0 Å². The zero-order chi connectivity index (χ0) is 18.9. The molecule has 0 aromatic heterocycles. The monoisotopic (exact) mass is 355 g/mol. The van der Waals surface area contributed by atoms with Crippen molar-refractivity contribution in [1.29, 1.82) is 0 Å². The van der Waals surface area contributed by atoms with Crippen LogP contribution in [0.5, 0.6) is 5.75 Å². The lowest BCUT2D eigenvalue weighted by molar-refractivity contribution is -0.124. The van der Waals surface area contributed by atoms with Gasteiger partial charge in [-0.15, -0.1) is 0 Å². The second-order valence-electron chi connectivity index (χ2n) is 6.12. The van der Waals surface area contributed by atoms with Crippen LogP contribution in [0.2, 0.25) is 0 Å². The molecule has 0 fully saturated rings. The smallest absolute Gasteiger partial charge is 0.243 e. The highest BCUT2D eigenvalue weighted by Gasteiger charge is 2.07.